The minimum absolute atomic E-state index is 0.0840. The highest BCUT2D eigenvalue weighted by atomic mass is 16.5. The van der Waals surface area contributed by atoms with Crippen LogP contribution >= 0.6 is 0 Å². The van der Waals surface area contributed by atoms with E-state index in [0.717, 1.165) is 48.8 Å². The topological polar surface area (TPSA) is 66.5 Å². The molecule has 7 heteroatoms. The summed E-state index contributed by atoms with van der Waals surface area (Å²) in [5.41, 5.74) is 3.65. The second kappa shape index (κ2) is 8.67. The summed E-state index contributed by atoms with van der Waals surface area (Å²) in [5.74, 6) is 2.47. The van der Waals surface area contributed by atoms with E-state index in [-0.39, 0.29) is 11.6 Å². The maximum atomic E-state index is 5.79. The van der Waals surface area contributed by atoms with E-state index in [4.69, 9.17) is 9.47 Å². The Labute approximate surface area is 184 Å². The summed E-state index contributed by atoms with van der Waals surface area (Å²) >= 11 is 0. The first-order valence-corrected chi connectivity index (χ1v) is 10.9. The molecule has 0 bridgehead atoms. The molecule has 4 rings (SSSR count). The van der Waals surface area contributed by atoms with Crippen molar-refractivity contribution in [3.8, 4) is 11.5 Å². The van der Waals surface area contributed by atoms with Crippen LogP contribution in [0.3, 0.4) is 0 Å². The lowest BCUT2D eigenvalue weighted by atomic mass is 9.94. The van der Waals surface area contributed by atoms with Gasteiger partial charge in [-0.05, 0) is 54.5 Å². The Hall–Kier alpha value is -2.93. The van der Waals surface area contributed by atoms with Crippen molar-refractivity contribution in [2.24, 2.45) is 0 Å². The first-order valence-electron chi connectivity index (χ1n) is 10.9. The molecule has 0 spiro atoms. The van der Waals surface area contributed by atoms with Crippen LogP contribution in [0.2, 0.25) is 0 Å². The third kappa shape index (κ3) is 4.02. The molecule has 2 heterocycles. The van der Waals surface area contributed by atoms with Crippen LogP contribution in [0.25, 0.3) is 0 Å². The summed E-state index contributed by atoms with van der Waals surface area (Å²) < 4.78 is 13.3. The van der Waals surface area contributed by atoms with Crippen molar-refractivity contribution in [2.75, 3.05) is 20.8 Å². The Morgan fingerprint density at radius 1 is 1.10 bits per heavy atom. The summed E-state index contributed by atoms with van der Waals surface area (Å²) in [4.78, 5) is 1.40. The molecule has 1 aliphatic heterocycles. The van der Waals surface area contributed by atoms with Gasteiger partial charge in [0.1, 0.15) is 18.0 Å². The quantitative estimate of drug-likeness (QED) is 0.634. The number of nitrogens with zero attached hydrogens (tertiary/aromatic N) is 4. The largest absolute Gasteiger partial charge is 0.497 e. The van der Waals surface area contributed by atoms with Gasteiger partial charge in [0.2, 0.25) is 5.82 Å². The molecular weight excluding hydrogens is 390 g/mol. The molecule has 1 aliphatic rings. The summed E-state index contributed by atoms with van der Waals surface area (Å²) in [7, 11) is 3.40. The second-order valence-electron chi connectivity index (χ2n) is 8.76. The fraction of sp³-hybridized carbons (Fsp3) is 0.458. The smallest absolute Gasteiger partial charge is 0.214 e. The van der Waals surface area contributed by atoms with Crippen LogP contribution in [0.4, 0.5) is 0 Å². The lowest BCUT2D eigenvalue weighted by Crippen LogP contribution is -3.12. The number of quaternary nitrogens is 1. The highest BCUT2D eigenvalue weighted by Gasteiger charge is 2.38. The second-order valence-corrected chi connectivity index (χ2v) is 8.76. The number of tetrazole rings is 1. The average molecular weight is 423 g/mol. The molecule has 3 aromatic rings. The van der Waals surface area contributed by atoms with Gasteiger partial charge in [-0.15, -0.1) is 5.10 Å². The molecule has 7 nitrogen and oxygen atoms in total. The Balaban J connectivity index is 1.87. The number of hydrogen-bond acceptors (Lipinski definition) is 5. The average Bonchev–Trinajstić information content (AvgIpc) is 3.29. The molecule has 0 saturated heterocycles. The third-order valence-electron chi connectivity index (χ3n) is 6.60. The summed E-state index contributed by atoms with van der Waals surface area (Å²) in [5, 5.41) is 13.1. The van der Waals surface area contributed by atoms with Gasteiger partial charge >= 0.3 is 0 Å². The first kappa shape index (κ1) is 21.3. The van der Waals surface area contributed by atoms with Gasteiger partial charge in [0, 0.05) is 12.0 Å². The van der Waals surface area contributed by atoms with Gasteiger partial charge in [0.25, 0.3) is 0 Å². The van der Waals surface area contributed by atoms with E-state index in [1.54, 1.807) is 14.2 Å². The van der Waals surface area contributed by atoms with E-state index in [1.807, 2.05) is 16.8 Å². The maximum absolute atomic E-state index is 5.79. The number of hydrogen-bond donors (Lipinski definition) is 1. The van der Waals surface area contributed by atoms with Gasteiger partial charge in [0.15, 0.2) is 6.04 Å². The number of ether oxygens (including phenoxy) is 2. The van der Waals surface area contributed by atoms with Crippen molar-refractivity contribution in [3.05, 3.63) is 65.0 Å². The number of benzene rings is 2. The van der Waals surface area contributed by atoms with E-state index >= 15 is 0 Å². The lowest BCUT2D eigenvalue weighted by Gasteiger charge is -2.34. The zero-order valence-electron chi connectivity index (χ0n) is 19.1. The molecule has 1 aromatic heterocycles. The molecule has 2 atom stereocenters. The number of rotatable bonds is 7. The fourth-order valence-corrected chi connectivity index (χ4v) is 4.41. The Kier molecular flexibility index (Phi) is 5.96. The molecule has 31 heavy (non-hydrogen) atoms. The Bertz CT molecular complexity index is 1050. The molecule has 0 amide bonds. The molecular formula is C24H32N5O2+. The number of nitrogens with one attached hydrogen (secondary N) is 1. The highest BCUT2D eigenvalue weighted by Crippen LogP contribution is 2.33. The van der Waals surface area contributed by atoms with Crippen LogP contribution in [0, 0.1) is 0 Å². The molecule has 1 unspecified atom stereocenters. The molecule has 0 fully saturated rings. The predicted octanol–water partition coefficient (Wildman–Crippen LogP) is 2.57. The number of fused-ring (bicyclic) bond motifs is 1. The molecule has 164 valence electrons. The van der Waals surface area contributed by atoms with Crippen molar-refractivity contribution in [2.45, 2.75) is 51.7 Å². The van der Waals surface area contributed by atoms with Crippen LogP contribution in [0.1, 0.15) is 55.7 Å². The van der Waals surface area contributed by atoms with Crippen molar-refractivity contribution in [3.63, 3.8) is 0 Å². The molecule has 0 aliphatic carbocycles. The van der Waals surface area contributed by atoms with Gasteiger partial charge in [-0.25, -0.2) is 4.68 Å². The molecule has 2 aromatic carbocycles. The van der Waals surface area contributed by atoms with Crippen molar-refractivity contribution in [1.29, 1.82) is 0 Å². The van der Waals surface area contributed by atoms with Gasteiger partial charge in [-0.3, -0.25) is 0 Å². The van der Waals surface area contributed by atoms with Crippen molar-refractivity contribution in [1.82, 2.24) is 20.2 Å². The van der Waals surface area contributed by atoms with Gasteiger partial charge in [-0.2, -0.15) is 0 Å². The van der Waals surface area contributed by atoms with Crippen LogP contribution in [0.5, 0.6) is 11.5 Å². The van der Waals surface area contributed by atoms with E-state index in [1.165, 1.54) is 16.0 Å². The Morgan fingerprint density at radius 2 is 1.87 bits per heavy atom. The summed E-state index contributed by atoms with van der Waals surface area (Å²) in [6, 6.07) is 14.6. The van der Waals surface area contributed by atoms with E-state index < -0.39 is 0 Å². The zero-order chi connectivity index (χ0) is 22.0. The molecule has 0 radical (unpaired) electrons. The Morgan fingerprint density at radius 3 is 2.58 bits per heavy atom. The van der Waals surface area contributed by atoms with E-state index in [0.29, 0.717) is 0 Å². The van der Waals surface area contributed by atoms with Gasteiger partial charge in [-0.1, -0.05) is 31.2 Å². The minimum Gasteiger partial charge on any atom is -0.497 e. The zero-order valence-corrected chi connectivity index (χ0v) is 19.1. The SMILES string of the molecule is CCC(C)(C)n1nnnc1[C@@H](c1cc(OC)ccc1OC)[NH+]1CCc2ccccc2C1. The fourth-order valence-electron chi connectivity index (χ4n) is 4.41. The number of aromatic nitrogens is 4. The minimum atomic E-state index is -0.198. The van der Waals surface area contributed by atoms with Crippen LogP contribution in [-0.4, -0.2) is 41.0 Å². The monoisotopic (exact) mass is 422 g/mol. The van der Waals surface area contributed by atoms with Crippen molar-refractivity contribution < 1.29 is 14.4 Å². The normalized spacial score (nSPS) is 17.1. The van der Waals surface area contributed by atoms with Crippen molar-refractivity contribution >= 4 is 0 Å². The lowest BCUT2D eigenvalue weighted by molar-refractivity contribution is -0.942. The summed E-state index contributed by atoms with van der Waals surface area (Å²) in [6.45, 7) is 8.40. The first-order chi connectivity index (χ1) is 15.0. The van der Waals surface area contributed by atoms with Gasteiger partial charge < -0.3 is 14.4 Å². The molecule has 0 saturated carbocycles. The highest BCUT2D eigenvalue weighted by molar-refractivity contribution is 5.43. The predicted molar refractivity (Wildman–Crippen MR) is 118 cm³/mol. The third-order valence-corrected chi connectivity index (χ3v) is 6.60. The number of methoxy groups -OCH3 is 2. The standard InChI is InChI=1S/C24H31N5O2/c1-6-24(2,3)29-23(25-26-27-29)22(20-15-19(30-4)11-12-21(20)31-5)28-14-13-17-9-7-8-10-18(17)16-28/h7-12,15,22H,6,13-14,16H2,1-5H3/p+1/t22-/m1/s1. The van der Waals surface area contributed by atoms with E-state index in [2.05, 4.69) is 66.6 Å². The van der Waals surface area contributed by atoms with Gasteiger partial charge in [0.05, 0.1) is 31.9 Å². The molecule has 1 N–H and O–H groups in total. The van der Waals surface area contributed by atoms with E-state index in [9.17, 15) is 0 Å². The van der Waals surface area contributed by atoms with Crippen LogP contribution in [0.15, 0.2) is 42.5 Å². The summed E-state index contributed by atoms with van der Waals surface area (Å²) in [6.07, 6.45) is 1.94. The maximum Gasteiger partial charge on any atom is 0.214 e. The van der Waals surface area contributed by atoms with Crippen LogP contribution in [-0.2, 0) is 18.5 Å². The van der Waals surface area contributed by atoms with Crippen LogP contribution < -0.4 is 14.4 Å².